The maximum Gasteiger partial charge on any atom is 0.182 e. The Morgan fingerprint density at radius 2 is 2.44 bits per heavy atom. The van der Waals surface area contributed by atoms with Gasteiger partial charge < -0.3 is 0 Å². The Kier molecular flexibility index (Phi) is 13.5. The van der Waals surface area contributed by atoms with Crippen LogP contribution in [-0.4, -0.2) is 61.5 Å². The van der Waals surface area contributed by atoms with E-state index in [1.165, 1.54) is 11.8 Å². The molecule has 0 spiro atoms. The monoisotopic (exact) mass is 185 g/mol. The van der Waals surface area contributed by atoms with Crippen molar-refractivity contribution >= 4 is 79.7 Å². The summed E-state index contributed by atoms with van der Waals surface area (Å²) >= 11 is 6.14. The largest absolute Gasteiger partial charge is 0.278 e. The first kappa shape index (κ1) is 13.0. The zero-order valence-corrected chi connectivity index (χ0v) is 10.2. The van der Waals surface area contributed by atoms with Crippen LogP contribution in [0.2, 0.25) is 0 Å². The molecule has 0 aliphatic carbocycles. The van der Waals surface area contributed by atoms with Crippen molar-refractivity contribution in [3.63, 3.8) is 0 Å². The quantitative estimate of drug-likeness (QED) is 0.282. The summed E-state index contributed by atoms with van der Waals surface area (Å²) in [5, 5.41) is 10.3. The van der Waals surface area contributed by atoms with Gasteiger partial charge in [0.15, 0.2) is 6.19 Å². The molecule has 0 heterocycles. The van der Waals surface area contributed by atoms with E-state index in [-0.39, 0.29) is 51.4 Å². The first-order valence-corrected chi connectivity index (χ1v) is 3.52. The van der Waals surface area contributed by atoms with E-state index in [1.807, 2.05) is 6.92 Å². The van der Waals surface area contributed by atoms with Crippen molar-refractivity contribution in [1.82, 2.24) is 5.32 Å². The normalized spacial score (nSPS) is 6.67. The van der Waals surface area contributed by atoms with E-state index in [9.17, 15) is 0 Å². The molecular weight excluding hydrogens is 179 g/mol. The van der Waals surface area contributed by atoms with Crippen LogP contribution in [0, 0.1) is 11.5 Å². The maximum absolute atomic E-state index is 8.00. The molecule has 0 bridgehead atoms. The molecule has 2 nitrogen and oxygen atoms in total. The number of rotatable bonds is 1. The van der Waals surface area contributed by atoms with Crippen LogP contribution in [0.5, 0.6) is 0 Å². The fourth-order valence-electron chi connectivity index (χ4n) is 0.213. The maximum atomic E-state index is 8.00. The van der Waals surface area contributed by atoms with Crippen molar-refractivity contribution in [3.05, 3.63) is 0 Å². The van der Waals surface area contributed by atoms with Gasteiger partial charge in [-0.3, -0.25) is 5.32 Å². The van der Waals surface area contributed by atoms with E-state index in [1.54, 1.807) is 6.19 Å². The smallest absolute Gasteiger partial charge is 0.182 e. The molecule has 0 aliphatic heterocycles. The summed E-state index contributed by atoms with van der Waals surface area (Å²) < 4.78 is 0.551. The standard InChI is InChI=1S/C4H6N2S2.K/c1-2-8-4(7)6-3-5;/h2H2,1H3,(H,6,7);. The van der Waals surface area contributed by atoms with E-state index >= 15 is 0 Å². The Morgan fingerprint density at radius 3 is 2.78 bits per heavy atom. The van der Waals surface area contributed by atoms with E-state index in [0.717, 1.165) is 5.75 Å². The fourth-order valence-corrected chi connectivity index (χ4v) is 0.992. The number of nitrogens with zero attached hydrogens (tertiary/aromatic N) is 1. The molecule has 0 saturated heterocycles. The molecule has 0 fully saturated rings. The van der Waals surface area contributed by atoms with Gasteiger partial charge in [0.05, 0.1) is 0 Å². The van der Waals surface area contributed by atoms with Crippen LogP contribution in [0.3, 0.4) is 0 Å². The van der Waals surface area contributed by atoms with Gasteiger partial charge in [0.1, 0.15) is 4.32 Å². The van der Waals surface area contributed by atoms with Gasteiger partial charge in [0, 0.05) is 51.4 Å². The van der Waals surface area contributed by atoms with Crippen LogP contribution in [0.25, 0.3) is 0 Å². The third kappa shape index (κ3) is 9.37. The molecule has 0 aromatic rings. The van der Waals surface area contributed by atoms with Crippen molar-refractivity contribution in [3.8, 4) is 6.19 Å². The Balaban J connectivity index is 0. The molecule has 0 unspecified atom stereocenters. The number of hydrogen-bond acceptors (Lipinski definition) is 3. The van der Waals surface area contributed by atoms with Crippen molar-refractivity contribution in [2.24, 2.45) is 0 Å². The number of thiocarbonyl (C=S) groups is 1. The molecule has 1 N–H and O–H groups in total. The number of thioether (sulfide) groups is 1. The van der Waals surface area contributed by atoms with Crippen LogP contribution < -0.4 is 5.32 Å². The minimum atomic E-state index is 0. The van der Waals surface area contributed by atoms with Crippen molar-refractivity contribution in [2.75, 3.05) is 5.75 Å². The Hall–Kier alpha value is 1.37. The minimum absolute atomic E-state index is 0. The third-order valence-corrected chi connectivity index (χ3v) is 1.54. The predicted molar refractivity (Wildman–Crippen MR) is 45.2 cm³/mol. The van der Waals surface area contributed by atoms with Crippen LogP contribution in [0.15, 0.2) is 0 Å². The van der Waals surface area contributed by atoms with Crippen LogP contribution in [0.1, 0.15) is 6.92 Å². The number of nitriles is 1. The van der Waals surface area contributed by atoms with E-state index in [0.29, 0.717) is 4.32 Å². The second-order valence-electron chi connectivity index (χ2n) is 0.957. The summed E-state index contributed by atoms with van der Waals surface area (Å²) in [5.74, 6) is 0.910. The van der Waals surface area contributed by atoms with Gasteiger partial charge in [-0.25, -0.2) is 0 Å². The van der Waals surface area contributed by atoms with Gasteiger partial charge in [-0.15, -0.1) is 0 Å². The summed E-state index contributed by atoms with van der Waals surface area (Å²) in [5.41, 5.74) is 0. The Labute approximate surface area is 107 Å². The minimum Gasteiger partial charge on any atom is -0.278 e. The molecule has 0 aromatic heterocycles. The molecule has 9 heavy (non-hydrogen) atoms. The number of hydrogen-bond donors (Lipinski definition) is 1. The topological polar surface area (TPSA) is 35.8 Å². The summed E-state index contributed by atoms with van der Waals surface area (Å²) in [6.45, 7) is 1.98. The predicted octanol–water partition coefficient (Wildman–Crippen LogP) is 0.714. The van der Waals surface area contributed by atoms with Gasteiger partial charge in [-0.1, -0.05) is 30.9 Å². The average Bonchev–Trinajstić information content (AvgIpc) is 1.68. The van der Waals surface area contributed by atoms with Crippen LogP contribution in [-0.2, 0) is 0 Å². The second kappa shape index (κ2) is 9.37. The van der Waals surface area contributed by atoms with E-state index in [2.05, 4.69) is 17.5 Å². The van der Waals surface area contributed by atoms with Gasteiger partial charge in [-0.2, -0.15) is 5.26 Å². The Morgan fingerprint density at radius 1 is 1.89 bits per heavy atom. The molecule has 0 saturated carbocycles. The van der Waals surface area contributed by atoms with Crippen molar-refractivity contribution in [2.45, 2.75) is 6.92 Å². The zero-order chi connectivity index (χ0) is 6.41. The molecule has 5 heteroatoms. The first-order valence-electron chi connectivity index (χ1n) is 2.13. The molecule has 1 radical (unpaired) electrons. The van der Waals surface area contributed by atoms with E-state index in [4.69, 9.17) is 5.26 Å². The fraction of sp³-hybridized carbons (Fsp3) is 0.500. The van der Waals surface area contributed by atoms with Crippen LogP contribution >= 0.6 is 24.0 Å². The molecular formula is C4H6KN2S2. The second-order valence-corrected chi connectivity index (χ2v) is 2.90. The third-order valence-electron chi connectivity index (χ3n) is 0.433. The first-order chi connectivity index (χ1) is 3.81. The van der Waals surface area contributed by atoms with Gasteiger partial charge in [-0.05, 0) is 5.75 Å². The summed E-state index contributed by atoms with van der Waals surface area (Å²) in [4.78, 5) is 0. The van der Waals surface area contributed by atoms with Crippen molar-refractivity contribution in [1.29, 1.82) is 5.26 Å². The van der Waals surface area contributed by atoms with Crippen molar-refractivity contribution < 1.29 is 0 Å². The Bertz CT molecular complexity index is 120. The molecule has 45 valence electrons. The SMILES string of the molecule is CCSC(=S)NC#N.[K]. The van der Waals surface area contributed by atoms with Crippen LogP contribution in [0.4, 0.5) is 0 Å². The van der Waals surface area contributed by atoms with E-state index < -0.39 is 0 Å². The molecule has 0 aliphatic rings. The summed E-state index contributed by atoms with van der Waals surface area (Å²) in [7, 11) is 0. The van der Waals surface area contributed by atoms with Gasteiger partial charge in [0.2, 0.25) is 0 Å². The summed E-state index contributed by atoms with van der Waals surface area (Å²) in [6.07, 6.45) is 1.74. The molecule has 0 atom stereocenters. The average molecular weight is 185 g/mol. The molecule has 0 rings (SSSR count). The molecule has 0 amide bonds. The number of nitrogens with one attached hydrogen (secondary N) is 1. The molecule has 0 aromatic carbocycles. The van der Waals surface area contributed by atoms with Gasteiger partial charge >= 0.3 is 0 Å². The zero-order valence-electron chi connectivity index (χ0n) is 5.47. The van der Waals surface area contributed by atoms with Gasteiger partial charge in [0.25, 0.3) is 0 Å². The summed E-state index contributed by atoms with van der Waals surface area (Å²) in [6, 6.07) is 0.